The molecule has 1 heterocycles. The molecule has 2 fully saturated rings. The van der Waals surface area contributed by atoms with E-state index in [-0.39, 0.29) is 0 Å². The fourth-order valence-electron chi connectivity index (χ4n) is 3.29. The van der Waals surface area contributed by atoms with E-state index in [4.69, 9.17) is 0 Å². The molecular formula is C15H29NOS. The molecule has 2 aliphatic rings. The molecule has 106 valence electrons. The Morgan fingerprint density at radius 2 is 1.83 bits per heavy atom. The molecule has 0 radical (unpaired) electrons. The monoisotopic (exact) mass is 271 g/mol. The van der Waals surface area contributed by atoms with Crippen molar-refractivity contribution in [3.05, 3.63) is 0 Å². The van der Waals surface area contributed by atoms with E-state index in [9.17, 15) is 5.11 Å². The van der Waals surface area contributed by atoms with Crippen LogP contribution in [0.2, 0.25) is 0 Å². The second kappa shape index (κ2) is 6.15. The molecule has 0 bridgehead atoms. The smallest absolute Gasteiger partial charge is 0.0771 e. The Balaban J connectivity index is 1.79. The van der Waals surface area contributed by atoms with Crippen LogP contribution in [0.25, 0.3) is 0 Å². The Morgan fingerprint density at radius 3 is 2.44 bits per heavy atom. The maximum Gasteiger partial charge on any atom is 0.0771 e. The van der Waals surface area contributed by atoms with E-state index >= 15 is 0 Å². The molecule has 0 amide bonds. The average molecular weight is 271 g/mol. The van der Waals surface area contributed by atoms with Gasteiger partial charge in [0.1, 0.15) is 0 Å². The molecule has 1 unspecified atom stereocenters. The topological polar surface area (TPSA) is 32.3 Å². The Bertz CT molecular complexity index is 259. The summed E-state index contributed by atoms with van der Waals surface area (Å²) in [4.78, 5) is 0. The molecule has 3 heteroatoms. The van der Waals surface area contributed by atoms with Crippen molar-refractivity contribution >= 4 is 11.8 Å². The van der Waals surface area contributed by atoms with Crippen LogP contribution in [0.1, 0.15) is 58.8 Å². The highest BCUT2D eigenvalue weighted by atomic mass is 32.2. The maximum atomic E-state index is 10.6. The summed E-state index contributed by atoms with van der Waals surface area (Å²) in [5.41, 5.74) is 0.0232. The maximum absolute atomic E-state index is 10.6. The third kappa shape index (κ3) is 4.43. The van der Waals surface area contributed by atoms with Crippen molar-refractivity contribution in [3.8, 4) is 0 Å². The van der Waals surface area contributed by atoms with E-state index in [2.05, 4.69) is 30.9 Å². The van der Waals surface area contributed by atoms with Gasteiger partial charge in [-0.05, 0) is 30.4 Å². The summed E-state index contributed by atoms with van der Waals surface area (Å²) < 4.78 is 0. The average Bonchev–Trinajstić information content (AvgIpc) is 2.51. The van der Waals surface area contributed by atoms with Crippen LogP contribution >= 0.6 is 11.8 Å². The SMILES string of the molecule is CC1(C)CSCC(NCC2(O)CCCCCC2)C1. The Hall–Kier alpha value is 0.270. The first-order valence-electron chi connectivity index (χ1n) is 7.53. The molecule has 2 N–H and O–H groups in total. The van der Waals surface area contributed by atoms with Crippen LogP contribution < -0.4 is 5.32 Å². The first kappa shape index (κ1) is 14.7. The minimum Gasteiger partial charge on any atom is -0.389 e. The molecular weight excluding hydrogens is 242 g/mol. The number of nitrogens with one attached hydrogen (secondary N) is 1. The molecule has 0 aromatic carbocycles. The fourth-order valence-corrected chi connectivity index (χ4v) is 4.60. The number of hydrogen-bond acceptors (Lipinski definition) is 3. The minimum atomic E-state index is -0.428. The predicted molar refractivity (Wildman–Crippen MR) is 80.2 cm³/mol. The van der Waals surface area contributed by atoms with Crippen LogP contribution in [0.15, 0.2) is 0 Å². The first-order valence-corrected chi connectivity index (χ1v) is 8.68. The molecule has 1 atom stereocenters. The van der Waals surface area contributed by atoms with Crippen LogP contribution in [-0.2, 0) is 0 Å². The molecule has 0 spiro atoms. The summed E-state index contributed by atoms with van der Waals surface area (Å²) in [5, 5.41) is 14.3. The molecule has 1 aliphatic carbocycles. The second-order valence-electron chi connectivity index (χ2n) is 7.10. The van der Waals surface area contributed by atoms with Crippen molar-refractivity contribution in [3.63, 3.8) is 0 Å². The van der Waals surface area contributed by atoms with Crippen molar-refractivity contribution in [2.45, 2.75) is 70.4 Å². The quantitative estimate of drug-likeness (QED) is 0.773. The van der Waals surface area contributed by atoms with Gasteiger partial charge in [0.2, 0.25) is 0 Å². The van der Waals surface area contributed by atoms with Gasteiger partial charge in [-0.2, -0.15) is 11.8 Å². The summed E-state index contributed by atoms with van der Waals surface area (Å²) in [6, 6.07) is 0.589. The zero-order chi connectivity index (χ0) is 13.1. The lowest BCUT2D eigenvalue weighted by molar-refractivity contribution is 0.0220. The van der Waals surface area contributed by atoms with Gasteiger partial charge in [-0.15, -0.1) is 0 Å². The molecule has 1 aliphatic heterocycles. The lowest BCUT2D eigenvalue weighted by atomic mass is 9.87. The summed E-state index contributed by atoms with van der Waals surface area (Å²) in [6.07, 6.45) is 8.22. The van der Waals surface area contributed by atoms with E-state index in [1.807, 2.05) is 0 Å². The Morgan fingerprint density at radius 1 is 1.17 bits per heavy atom. The van der Waals surface area contributed by atoms with E-state index < -0.39 is 5.60 Å². The van der Waals surface area contributed by atoms with Gasteiger partial charge in [-0.1, -0.05) is 39.5 Å². The van der Waals surface area contributed by atoms with Crippen molar-refractivity contribution in [2.24, 2.45) is 5.41 Å². The molecule has 0 aromatic heterocycles. The predicted octanol–water partition coefficient (Wildman–Crippen LogP) is 3.19. The number of hydrogen-bond donors (Lipinski definition) is 2. The zero-order valence-electron chi connectivity index (χ0n) is 12.0. The Labute approximate surface area is 116 Å². The van der Waals surface area contributed by atoms with Gasteiger partial charge < -0.3 is 10.4 Å². The third-order valence-electron chi connectivity index (χ3n) is 4.36. The fraction of sp³-hybridized carbons (Fsp3) is 1.00. The van der Waals surface area contributed by atoms with E-state index in [1.54, 1.807) is 0 Å². The van der Waals surface area contributed by atoms with Gasteiger partial charge in [-0.25, -0.2) is 0 Å². The van der Waals surface area contributed by atoms with Gasteiger partial charge in [0, 0.05) is 18.3 Å². The molecule has 0 aromatic rings. The summed E-state index contributed by atoms with van der Waals surface area (Å²) in [5.74, 6) is 2.48. The van der Waals surface area contributed by atoms with Crippen molar-refractivity contribution in [1.29, 1.82) is 0 Å². The lowest BCUT2D eigenvalue weighted by Crippen LogP contribution is -2.48. The van der Waals surface area contributed by atoms with Crippen molar-refractivity contribution in [1.82, 2.24) is 5.32 Å². The van der Waals surface area contributed by atoms with E-state index in [0.717, 1.165) is 19.4 Å². The normalized spacial score (nSPS) is 31.8. The number of aliphatic hydroxyl groups is 1. The van der Waals surface area contributed by atoms with Crippen molar-refractivity contribution < 1.29 is 5.11 Å². The van der Waals surface area contributed by atoms with E-state index in [1.165, 1.54) is 43.6 Å². The van der Waals surface area contributed by atoms with Crippen LogP contribution in [0.5, 0.6) is 0 Å². The van der Waals surface area contributed by atoms with Crippen LogP contribution in [0.3, 0.4) is 0 Å². The summed E-state index contributed by atoms with van der Waals surface area (Å²) in [6.45, 7) is 5.51. The lowest BCUT2D eigenvalue weighted by Gasteiger charge is -2.37. The van der Waals surface area contributed by atoms with Gasteiger partial charge in [0.25, 0.3) is 0 Å². The van der Waals surface area contributed by atoms with Gasteiger partial charge in [-0.3, -0.25) is 0 Å². The van der Waals surface area contributed by atoms with Crippen LogP contribution in [-0.4, -0.2) is 34.8 Å². The van der Waals surface area contributed by atoms with Gasteiger partial charge in [0.15, 0.2) is 0 Å². The molecule has 1 saturated carbocycles. The van der Waals surface area contributed by atoms with Gasteiger partial charge in [0.05, 0.1) is 5.60 Å². The molecule has 2 nitrogen and oxygen atoms in total. The number of thioether (sulfide) groups is 1. The second-order valence-corrected chi connectivity index (χ2v) is 8.13. The highest BCUT2D eigenvalue weighted by Gasteiger charge is 2.32. The van der Waals surface area contributed by atoms with Crippen LogP contribution in [0, 0.1) is 5.41 Å². The summed E-state index contributed by atoms with van der Waals surface area (Å²) in [7, 11) is 0. The molecule has 2 rings (SSSR count). The first-order chi connectivity index (χ1) is 8.49. The number of rotatable bonds is 3. The van der Waals surface area contributed by atoms with Crippen LogP contribution in [0.4, 0.5) is 0 Å². The van der Waals surface area contributed by atoms with Gasteiger partial charge >= 0.3 is 0 Å². The third-order valence-corrected chi connectivity index (χ3v) is 5.99. The minimum absolute atomic E-state index is 0.428. The van der Waals surface area contributed by atoms with Crippen molar-refractivity contribution in [2.75, 3.05) is 18.1 Å². The zero-order valence-corrected chi connectivity index (χ0v) is 12.8. The molecule has 18 heavy (non-hydrogen) atoms. The molecule has 1 saturated heterocycles. The van der Waals surface area contributed by atoms with E-state index in [0.29, 0.717) is 11.5 Å². The Kier molecular flexibility index (Phi) is 5.01. The highest BCUT2D eigenvalue weighted by molar-refractivity contribution is 7.99. The largest absolute Gasteiger partial charge is 0.389 e. The standard InChI is InChI=1S/C15H29NOS/c1-14(2)9-13(10-18-12-14)16-11-15(17)7-5-3-4-6-8-15/h13,16-17H,3-12H2,1-2H3. The summed E-state index contributed by atoms with van der Waals surface area (Å²) >= 11 is 2.06. The highest BCUT2D eigenvalue weighted by Crippen LogP contribution is 2.34.